The first-order valence-electron chi connectivity index (χ1n) is 6.42. The second-order valence-electron chi connectivity index (χ2n) is 4.69. The molecule has 0 aliphatic heterocycles. The van der Waals surface area contributed by atoms with Crippen molar-refractivity contribution in [1.82, 2.24) is 5.32 Å². The maximum atomic E-state index is 5.85. The minimum absolute atomic E-state index is 0.00298. The smallest absolute Gasteiger partial charge is 0.128 e. The molecular weight excluding hydrogens is 226 g/mol. The zero-order valence-electron chi connectivity index (χ0n) is 11.1. The van der Waals surface area contributed by atoms with Crippen molar-refractivity contribution in [2.75, 3.05) is 7.11 Å². The monoisotopic (exact) mass is 247 g/mol. The molecule has 1 aliphatic rings. The van der Waals surface area contributed by atoms with Crippen LogP contribution in [0.15, 0.2) is 30.9 Å². The lowest BCUT2D eigenvalue weighted by molar-refractivity contribution is 0.265. The van der Waals surface area contributed by atoms with E-state index in [1.54, 1.807) is 13.2 Å². The van der Waals surface area contributed by atoms with Crippen LogP contribution >= 0.6 is 0 Å². The topological polar surface area (TPSA) is 30.5 Å². The zero-order valence-corrected chi connectivity index (χ0v) is 11.1. The van der Waals surface area contributed by atoms with Gasteiger partial charge in [0.1, 0.15) is 17.6 Å². The van der Waals surface area contributed by atoms with Crippen LogP contribution in [0.3, 0.4) is 0 Å². The van der Waals surface area contributed by atoms with E-state index in [0.29, 0.717) is 6.04 Å². The molecule has 1 unspecified atom stereocenters. The van der Waals surface area contributed by atoms with Gasteiger partial charge in [-0.15, -0.1) is 0 Å². The van der Waals surface area contributed by atoms with Gasteiger partial charge in [-0.3, -0.25) is 0 Å². The minimum atomic E-state index is -0.00298. The quantitative estimate of drug-likeness (QED) is 0.751. The molecule has 3 nitrogen and oxygen atoms in total. The Morgan fingerprint density at radius 2 is 2.28 bits per heavy atom. The van der Waals surface area contributed by atoms with E-state index in [0.717, 1.165) is 23.6 Å². The molecule has 0 aromatic heterocycles. The van der Waals surface area contributed by atoms with Gasteiger partial charge in [-0.05, 0) is 25.8 Å². The molecule has 1 aliphatic carbocycles. The molecule has 0 bridgehead atoms. The van der Waals surface area contributed by atoms with Crippen molar-refractivity contribution in [1.29, 1.82) is 0 Å². The highest BCUT2D eigenvalue weighted by atomic mass is 16.5. The number of ether oxygens (including phenoxy) is 2. The lowest BCUT2D eigenvalue weighted by atomic mass is 10.2. The highest BCUT2D eigenvalue weighted by Crippen LogP contribution is 2.27. The Labute approximate surface area is 109 Å². The average Bonchev–Trinajstić information content (AvgIpc) is 3.21. The summed E-state index contributed by atoms with van der Waals surface area (Å²) in [5.41, 5.74) is 1.16. The summed E-state index contributed by atoms with van der Waals surface area (Å²) in [6.07, 6.45) is 4.36. The van der Waals surface area contributed by atoms with Crippen LogP contribution in [0.1, 0.15) is 25.3 Å². The maximum Gasteiger partial charge on any atom is 0.128 e. The normalized spacial score (nSPS) is 16.1. The number of rotatable bonds is 7. The van der Waals surface area contributed by atoms with Crippen LogP contribution in [0.4, 0.5) is 0 Å². The van der Waals surface area contributed by atoms with E-state index < -0.39 is 0 Å². The fourth-order valence-electron chi connectivity index (χ4n) is 1.71. The molecule has 3 heteroatoms. The number of methoxy groups -OCH3 is 1. The van der Waals surface area contributed by atoms with Crippen LogP contribution in [-0.2, 0) is 6.54 Å². The van der Waals surface area contributed by atoms with E-state index in [1.165, 1.54) is 12.8 Å². The fraction of sp³-hybridized carbons (Fsp3) is 0.467. The molecule has 1 fully saturated rings. The van der Waals surface area contributed by atoms with Gasteiger partial charge in [0.25, 0.3) is 0 Å². The van der Waals surface area contributed by atoms with Crippen LogP contribution in [0.25, 0.3) is 0 Å². The predicted molar refractivity (Wildman–Crippen MR) is 73.1 cm³/mol. The predicted octanol–water partition coefficient (Wildman–Crippen LogP) is 2.90. The summed E-state index contributed by atoms with van der Waals surface area (Å²) < 4.78 is 11.1. The van der Waals surface area contributed by atoms with Crippen LogP contribution in [0.2, 0.25) is 0 Å². The standard InChI is InChI=1S/C15H21NO2/c1-4-11(2)18-15-9-14(17-3)8-5-12(15)10-16-13-6-7-13/h4-5,8-9,11,13,16H,1,6-7,10H2,2-3H3. The molecule has 0 radical (unpaired) electrons. The van der Waals surface area contributed by atoms with E-state index in [2.05, 4.69) is 18.0 Å². The van der Waals surface area contributed by atoms with E-state index in [1.807, 2.05) is 19.1 Å². The van der Waals surface area contributed by atoms with E-state index in [-0.39, 0.29) is 6.10 Å². The van der Waals surface area contributed by atoms with Gasteiger partial charge >= 0.3 is 0 Å². The SMILES string of the molecule is C=CC(C)Oc1cc(OC)ccc1CNC1CC1. The van der Waals surface area contributed by atoms with E-state index in [4.69, 9.17) is 9.47 Å². The van der Waals surface area contributed by atoms with E-state index in [9.17, 15) is 0 Å². The van der Waals surface area contributed by atoms with Crippen molar-refractivity contribution in [2.24, 2.45) is 0 Å². The Bertz CT molecular complexity index is 413. The summed E-state index contributed by atoms with van der Waals surface area (Å²) in [6, 6.07) is 6.65. The number of nitrogens with one attached hydrogen (secondary N) is 1. The first kappa shape index (κ1) is 13.0. The van der Waals surface area contributed by atoms with Crippen molar-refractivity contribution in [3.63, 3.8) is 0 Å². The maximum absolute atomic E-state index is 5.85. The Morgan fingerprint density at radius 3 is 2.89 bits per heavy atom. The second kappa shape index (κ2) is 5.91. The van der Waals surface area contributed by atoms with Crippen LogP contribution in [-0.4, -0.2) is 19.3 Å². The van der Waals surface area contributed by atoms with Crippen LogP contribution < -0.4 is 14.8 Å². The number of hydrogen-bond donors (Lipinski definition) is 1. The lowest BCUT2D eigenvalue weighted by Gasteiger charge is -2.16. The third-order valence-electron chi connectivity index (χ3n) is 3.08. The third-order valence-corrected chi connectivity index (χ3v) is 3.08. The minimum Gasteiger partial charge on any atom is -0.497 e. The summed E-state index contributed by atoms with van der Waals surface area (Å²) in [5, 5.41) is 3.50. The first-order chi connectivity index (χ1) is 8.72. The summed E-state index contributed by atoms with van der Waals surface area (Å²) in [4.78, 5) is 0. The highest BCUT2D eigenvalue weighted by Gasteiger charge is 2.20. The van der Waals surface area contributed by atoms with Gasteiger partial charge in [-0.1, -0.05) is 18.7 Å². The Kier molecular flexibility index (Phi) is 4.26. The molecule has 0 saturated heterocycles. The molecule has 1 aromatic carbocycles. The molecule has 1 N–H and O–H groups in total. The summed E-state index contributed by atoms with van der Waals surface area (Å²) >= 11 is 0. The Balaban J connectivity index is 2.10. The molecule has 98 valence electrons. The van der Waals surface area contributed by atoms with Crippen molar-refractivity contribution >= 4 is 0 Å². The summed E-state index contributed by atoms with van der Waals surface area (Å²) in [6.45, 7) is 6.56. The Morgan fingerprint density at radius 1 is 1.50 bits per heavy atom. The second-order valence-corrected chi connectivity index (χ2v) is 4.69. The fourth-order valence-corrected chi connectivity index (χ4v) is 1.71. The van der Waals surface area contributed by atoms with Crippen molar-refractivity contribution in [2.45, 2.75) is 38.5 Å². The molecule has 1 saturated carbocycles. The molecule has 18 heavy (non-hydrogen) atoms. The van der Waals surface area contributed by atoms with Gasteiger partial charge in [-0.25, -0.2) is 0 Å². The van der Waals surface area contributed by atoms with Crippen molar-refractivity contribution in [3.05, 3.63) is 36.4 Å². The first-order valence-corrected chi connectivity index (χ1v) is 6.42. The molecule has 2 rings (SSSR count). The van der Waals surface area contributed by atoms with Crippen molar-refractivity contribution in [3.8, 4) is 11.5 Å². The van der Waals surface area contributed by atoms with Gasteiger partial charge in [0, 0.05) is 24.2 Å². The molecule has 0 heterocycles. The molecular formula is C15H21NO2. The van der Waals surface area contributed by atoms with Gasteiger partial charge in [-0.2, -0.15) is 0 Å². The lowest BCUT2D eigenvalue weighted by Crippen LogP contribution is -2.17. The van der Waals surface area contributed by atoms with Gasteiger partial charge in [0.2, 0.25) is 0 Å². The molecule has 0 amide bonds. The number of hydrogen-bond acceptors (Lipinski definition) is 3. The van der Waals surface area contributed by atoms with Crippen LogP contribution in [0, 0.1) is 0 Å². The third kappa shape index (κ3) is 3.50. The molecule has 0 spiro atoms. The largest absolute Gasteiger partial charge is 0.497 e. The zero-order chi connectivity index (χ0) is 13.0. The molecule has 1 aromatic rings. The average molecular weight is 247 g/mol. The van der Waals surface area contributed by atoms with Crippen LogP contribution in [0.5, 0.6) is 11.5 Å². The van der Waals surface area contributed by atoms with Gasteiger partial charge < -0.3 is 14.8 Å². The highest BCUT2D eigenvalue weighted by molar-refractivity contribution is 5.41. The van der Waals surface area contributed by atoms with Gasteiger partial charge in [0.05, 0.1) is 7.11 Å². The van der Waals surface area contributed by atoms with Gasteiger partial charge in [0.15, 0.2) is 0 Å². The van der Waals surface area contributed by atoms with E-state index >= 15 is 0 Å². The van der Waals surface area contributed by atoms with Crippen molar-refractivity contribution < 1.29 is 9.47 Å². The number of benzene rings is 1. The Hall–Kier alpha value is -1.48. The molecule has 1 atom stereocenters. The summed E-state index contributed by atoms with van der Waals surface area (Å²) in [7, 11) is 1.66. The summed E-state index contributed by atoms with van der Waals surface area (Å²) in [5.74, 6) is 1.69.